The van der Waals surface area contributed by atoms with Crippen molar-refractivity contribution in [1.82, 2.24) is 9.55 Å². The average Bonchev–Trinajstić information content (AvgIpc) is 2.76. The van der Waals surface area contributed by atoms with Crippen LogP contribution in [0.5, 0.6) is 0 Å². The molecule has 1 heterocycles. The largest absolute Gasteiger partial charge is 0.390 e. The molecule has 1 aromatic heterocycles. The zero-order valence-corrected chi connectivity index (χ0v) is 12.5. The molecule has 20 heavy (non-hydrogen) atoms. The van der Waals surface area contributed by atoms with Crippen LogP contribution in [0.15, 0.2) is 24.3 Å². The number of benzene rings is 1. The van der Waals surface area contributed by atoms with E-state index in [1.165, 1.54) is 0 Å². The molecule has 2 aromatic rings. The van der Waals surface area contributed by atoms with Gasteiger partial charge in [0.15, 0.2) is 0 Å². The zero-order valence-electron chi connectivity index (χ0n) is 12.5. The van der Waals surface area contributed by atoms with Crippen LogP contribution in [0.25, 0.3) is 11.0 Å². The fourth-order valence-corrected chi connectivity index (χ4v) is 2.51. The molecule has 0 aliphatic carbocycles. The van der Waals surface area contributed by atoms with Gasteiger partial charge < -0.3 is 14.8 Å². The summed E-state index contributed by atoms with van der Waals surface area (Å²) in [7, 11) is 0. The van der Waals surface area contributed by atoms with Crippen LogP contribution in [0.3, 0.4) is 0 Å². The standard InChI is InChI=1S/C16H24N2O2/c1-4-9-18-13-8-6-5-7-12(13)17-15(18)10-14(19)16(20)11(2)3/h5-8,11,14,16,19-20H,4,9-10H2,1-3H3. The van der Waals surface area contributed by atoms with E-state index in [4.69, 9.17) is 0 Å². The monoisotopic (exact) mass is 276 g/mol. The number of aromatic nitrogens is 2. The molecule has 0 fully saturated rings. The Morgan fingerprint density at radius 2 is 1.90 bits per heavy atom. The van der Waals surface area contributed by atoms with Gasteiger partial charge in [-0.15, -0.1) is 0 Å². The Morgan fingerprint density at radius 1 is 1.20 bits per heavy atom. The average molecular weight is 276 g/mol. The molecule has 2 N–H and O–H groups in total. The molecule has 2 rings (SSSR count). The van der Waals surface area contributed by atoms with Crippen molar-refractivity contribution in [3.05, 3.63) is 30.1 Å². The Hall–Kier alpha value is -1.39. The summed E-state index contributed by atoms with van der Waals surface area (Å²) in [6.45, 7) is 6.81. The molecule has 0 aliphatic rings. The Kier molecular flexibility index (Phi) is 4.78. The second-order valence-electron chi connectivity index (χ2n) is 5.67. The number of rotatable bonds is 6. The third kappa shape index (κ3) is 3.02. The van der Waals surface area contributed by atoms with Crippen molar-refractivity contribution in [3.63, 3.8) is 0 Å². The predicted octanol–water partition coefficient (Wildman–Crippen LogP) is 2.37. The fraction of sp³-hybridized carbons (Fsp3) is 0.562. The summed E-state index contributed by atoms with van der Waals surface area (Å²) in [6, 6.07) is 8.00. The highest BCUT2D eigenvalue weighted by atomic mass is 16.3. The first-order valence-electron chi connectivity index (χ1n) is 7.34. The number of aryl methyl sites for hydroxylation is 1. The Balaban J connectivity index is 2.31. The highest BCUT2D eigenvalue weighted by molar-refractivity contribution is 5.75. The van der Waals surface area contributed by atoms with Gasteiger partial charge in [0.1, 0.15) is 5.82 Å². The van der Waals surface area contributed by atoms with Gasteiger partial charge in [-0.1, -0.05) is 32.9 Å². The van der Waals surface area contributed by atoms with Gasteiger partial charge in [-0.05, 0) is 24.5 Å². The highest BCUT2D eigenvalue weighted by Crippen LogP contribution is 2.19. The minimum atomic E-state index is -0.776. The predicted molar refractivity (Wildman–Crippen MR) is 80.6 cm³/mol. The molecule has 0 bridgehead atoms. The second-order valence-corrected chi connectivity index (χ2v) is 5.67. The summed E-state index contributed by atoms with van der Waals surface area (Å²) in [5.41, 5.74) is 2.04. The Bertz CT molecular complexity index is 563. The highest BCUT2D eigenvalue weighted by Gasteiger charge is 2.22. The second kappa shape index (κ2) is 6.37. The maximum absolute atomic E-state index is 10.2. The maximum Gasteiger partial charge on any atom is 0.112 e. The molecular formula is C16H24N2O2. The molecule has 0 saturated heterocycles. The van der Waals surface area contributed by atoms with Gasteiger partial charge in [0, 0.05) is 13.0 Å². The van der Waals surface area contributed by atoms with E-state index < -0.39 is 12.2 Å². The van der Waals surface area contributed by atoms with E-state index >= 15 is 0 Å². The molecule has 4 nitrogen and oxygen atoms in total. The minimum absolute atomic E-state index is 0.0361. The lowest BCUT2D eigenvalue weighted by Gasteiger charge is -2.21. The van der Waals surface area contributed by atoms with Crippen molar-refractivity contribution in [1.29, 1.82) is 0 Å². The van der Waals surface area contributed by atoms with Gasteiger partial charge in [0.2, 0.25) is 0 Å². The van der Waals surface area contributed by atoms with Gasteiger partial charge in [0.05, 0.1) is 23.2 Å². The first-order valence-corrected chi connectivity index (χ1v) is 7.34. The van der Waals surface area contributed by atoms with Crippen molar-refractivity contribution in [3.8, 4) is 0 Å². The van der Waals surface area contributed by atoms with Crippen LogP contribution in [0.2, 0.25) is 0 Å². The lowest BCUT2D eigenvalue weighted by atomic mass is 9.99. The molecule has 0 radical (unpaired) electrons. The molecular weight excluding hydrogens is 252 g/mol. The molecule has 0 saturated carbocycles. The maximum atomic E-state index is 10.2. The van der Waals surface area contributed by atoms with Crippen LogP contribution < -0.4 is 0 Å². The summed E-state index contributed by atoms with van der Waals surface area (Å²) >= 11 is 0. The van der Waals surface area contributed by atoms with E-state index in [0.29, 0.717) is 6.42 Å². The third-order valence-electron chi connectivity index (χ3n) is 3.65. The van der Waals surface area contributed by atoms with Gasteiger partial charge in [-0.25, -0.2) is 4.98 Å². The molecule has 4 heteroatoms. The van der Waals surface area contributed by atoms with Crippen molar-refractivity contribution in [2.45, 2.75) is 52.4 Å². The van der Waals surface area contributed by atoms with Gasteiger partial charge in [-0.3, -0.25) is 0 Å². The number of nitrogens with zero attached hydrogens (tertiary/aromatic N) is 2. The SMILES string of the molecule is CCCn1c(CC(O)C(O)C(C)C)nc2ccccc21. The number of imidazole rings is 1. The van der Waals surface area contributed by atoms with E-state index in [2.05, 4.69) is 16.5 Å². The first kappa shape index (κ1) is 15.0. The van der Waals surface area contributed by atoms with Gasteiger partial charge in [-0.2, -0.15) is 0 Å². The third-order valence-corrected chi connectivity index (χ3v) is 3.65. The van der Waals surface area contributed by atoms with Crippen molar-refractivity contribution < 1.29 is 10.2 Å². The number of aliphatic hydroxyl groups excluding tert-OH is 2. The van der Waals surface area contributed by atoms with Crippen molar-refractivity contribution >= 4 is 11.0 Å². The molecule has 110 valence electrons. The lowest BCUT2D eigenvalue weighted by molar-refractivity contribution is -0.00861. The number of para-hydroxylation sites is 2. The smallest absolute Gasteiger partial charge is 0.112 e. The summed E-state index contributed by atoms with van der Waals surface area (Å²) in [6.07, 6.45) is -0.100. The fourth-order valence-electron chi connectivity index (χ4n) is 2.51. The quantitative estimate of drug-likeness (QED) is 0.851. The van der Waals surface area contributed by atoms with E-state index in [-0.39, 0.29) is 5.92 Å². The first-order chi connectivity index (χ1) is 9.54. The summed E-state index contributed by atoms with van der Waals surface area (Å²) in [5, 5.41) is 20.1. The summed E-state index contributed by atoms with van der Waals surface area (Å²) in [4.78, 5) is 4.60. The van der Waals surface area contributed by atoms with Crippen molar-refractivity contribution in [2.24, 2.45) is 5.92 Å². The van der Waals surface area contributed by atoms with Crippen LogP contribution in [-0.2, 0) is 13.0 Å². The number of hydrogen-bond acceptors (Lipinski definition) is 3. The molecule has 0 spiro atoms. The molecule has 0 aliphatic heterocycles. The summed E-state index contributed by atoms with van der Waals surface area (Å²) in [5.74, 6) is 0.884. The topological polar surface area (TPSA) is 58.3 Å². The van der Waals surface area contributed by atoms with Crippen molar-refractivity contribution in [2.75, 3.05) is 0 Å². The normalized spacial score (nSPS) is 14.9. The van der Waals surface area contributed by atoms with Crippen LogP contribution >= 0.6 is 0 Å². The van der Waals surface area contributed by atoms with Gasteiger partial charge >= 0.3 is 0 Å². The molecule has 0 amide bonds. The molecule has 2 unspecified atom stereocenters. The zero-order chi connectivity index (χ0) is 14.7. The molecule has 2 atom stereocenters. The number of aliphatic hydroxyl groups is 2. The Labute approximate surface area is 120 Å². The summed E-state index contributed by atoms with van der Waals surface area (Å²) < 4.78 is 2.14. The van der Waals surface area contributed by atoms with Gasteiger partial charge in [0.25, 0.3) is 0 Å². The van der Waals surface area contributed by atoms with Crippen LogP contribution in [-0.4, -0.2) is 32.0 Å². The number of hydrogen-bond donors (Lipinski definition) is 2. The lowest BCUT2D eigenvalue weighted by Crippen LogP contribution is -2.33. The minimum Gasteiger partial charge on any atom is -0.390 e. The Morgan fingerprint density at radius 3 is 2.55 bits per heavy atom. The van der Waals surface area contributed by atoms with Crippen LogP contribution in [0.1, 0.15) is 33.0 Å². The number of fused-ring (bicyclic) bond motifs is 1. The van der Waals surface area contributed by atoms with E-state index in [1.54, 1.807) is 0 Å². The van der Waals surface area contributed by atoms with E-state index in [9.17, 15) is 10.2 Å². The van der Waals surface area contributed by atoms with Crippen LogP contribution in [0, 0.1) is 5.92 Å². The van der Waals surface area contributed by atoms with Crippen LogP contribution in [0.4, 0.5) is 0 Å². The van der Waals surface area contributed by atoms with E-state index in [0.717, 1.165) is 29.8 Å². The van der Waals surface area contributed by atoms with E-state index in [1.807, 2.05) is 38.1 Å². The molecule has 1 aromatic carbocycles.